The molecule has 1 aliphatic heterocycles. The van der Waals surface area contributed by atoms with Gasteiger partial charge in [-0.15, -0.1) is 0 Å². The first-order valence-electron chi connectivity index (χ1n) is 12.0. The van der Waals surface area contributed by atoms with Crippen LogP contribution in [0.5, 0.6) is 11.5 Å². The summed E-state index contributed by atoms with van der Waals surface area (Å²) in [6.07, 6.45) is 3.96. The molecule has 0 saturated heterocycles. The Hall–Kier alpha value is -4.07. The predicted molar refractivity (Wildman–Crippen MR) is 134 cm³/mol. The number of carbonyl (C=O) groups is 1. The number of imidazole rings is 1. The fourth-order valence-corrected chi connectivity index (χ4v) is 4.10. The molecule has 6 rings (SSSR count). The lowest BCUT2D eigenvalue weighted by Gasteiger charge is -2.13. The van der Waals surface area contributed by atoms with Crippen LogP contribution in [0.1, 0.15) is 37.0 Å². The van der Waals surface area contributed by atoms with Crippen LogP contribution in [0, 0.1) is 5.92 Å². The molecule has 2 aliphatic rings. The van der Waals surface area contributed by atoms with E-state index in [-0.39, 0.29) is 12.7 Å². The first-order valence-corrected chi connectivity index (χ1v) is 12.0. The molecule has 0 atom stereocenters. The third kappa shape index (κ3) is 4.27. The van der Waals surface area contributed by atoms with Gasteiger partial charge in [0, 0.05) is 29.3 Å². The van der Waals surface area contributed by atoms with Crippen molar-refractivity contribution in [2.45, 2.75) is 32.7 Å². The van der Waals surface area contributed by atoms with E-state index in [9.17, 15) is 4.79 Å². The second-order valence-corrected chi connectivity index (χ2v) is 9.49. The zero-order valence-corrected chi connectivity index (χ0v) is 19.7. The van der Waals surface area contributed by atoms with Gasteiger partial charge in [-0.2, -0.15) is 5.10 Å². The van der Waals surface area contributed by atoms with Crippen molar-refractivity contribution in [1.82, 2.24) is 19.9 Å². The highest BCUT2D eigenvalue weighted by Crippen LogP contribution is 2.36. The summed E-state index contributed by atoms with van der Waals surface area (Å²) >= 11 is 0. The van der Waals surface area contributed by atoms with Gasteiger partial charge in [0.2, 0.25) is 6.79 Å². The van der Waals surface area contributed by atoms with Crippen LogP contribution in [0.2, 0.25) is 0 Å². The Morgan fingerprint density at radius 1 is 1.06 bits per heavy atom. The van der Waals surface area contributed by atoms with Crippen molar-refractivity contribution in [2.24, 2.45) is 5.92 Å². The summed E-state index contributed by atoms with van der Waals surface area (Å²) in [6, 6.07) is 15.8. The highest BCUT2D eigenvalue weighted by atomic mass is 16.7. The molecule has 0 unspecified atom stereocenters. The molecule has 8 nitrogen and oxygen atoms in total. The Balaban J connectivity index is 1.40. The average Bonchev–Trinajstić information content (AvgIpc) is 3.38. The molecule has 35 heavy (non-hydrogen) atoms. The van der Waals surface area contributed by atoms with Crippen LogP contribution in [-0.4, -0.2) is 39.9 Å². The second-order valence-electron chi connectivity index (χ2n) is 9.49. The maximum Gasteiger partial charge on any atom is 0.251 e. The number of hydrogen-bond donors (Lipinski definition) is 2. The SMILES string of the molecule is CC(C)CNc1cc(-c2ccc3c(c2)OCO3)nn2c(-c3ccc(C(=O)NC4CC4)cc3)cnc12. The highest BCUT2D eigenvalue weighted by molar-refractivity contribution is 5.95. The molecule has 1 fully saturated rings. The number of aromatic nitrogens is 3. The lowest BCUT2D eigenvalue weighted by molar-refractivity contribution is 0.0951. The van der Waals surface area contributed by atoms with E-state index in [0.29, 0.717) is 23.3 Å². The van der Waals surface area contributed by atoms with Crippen LogP contribution in [0.25, 0.3) is 28.2 Å². The quantitative estimate of drug-likeness (QED) is 0.406. The Labute approximate surface area is 203 Å². The summed E-state index contributed by atoms with van der Waals surface area (Å²) in [4.78, 5) is 17.1. The number of nitrogens with zero attached hydrogens (tertiary/aromatic N) is 3. The van der Waals surface area contributed by atoms with Crippen molar-refractivity contribution in [3.8, 4) is 34.0 Å². The smallest absolute Gasteiger partial charge is 0.251 e. The molecule has 2 N–H and O–H groups in total. The van der Waals surface area contributed by atoms with Crippen LogP contribution in [-0.2, 0) is 0 Å². The summed E-state index contributed by atoms with van der Waals surface area (Å²) in [5.74, 6) is 1.90. The average molecular weight is 470 g/mol. The van der Waals surface area contributed by atoms with Gasteiger partial charge in [-0.05, 0) is 55.2 Å². The van der Waals surface area contributed by atoms with E-state index in [0.717, 1.165) is 59.0 Å². The molecule has 2 aromatic carbocycles. The lowest BCUT2D eigenvalue weighted by Crippen LogP contribution is -2.25. The van der Waals surface area contributed by atoms with Crippen molar-refractivity contribution in [3.63, 3.8) is 0 Å². The predicted octanol–water partition coefficient (Wildman–Crippen LogP) is 4.75. The van der Waals surface area contributed by atoms with E-state index < -0.39 is 0 Å². The van der Waals surface area contributed by atoms with Crippen LogP contribution in [0.4, 0.5) is 5.69 Å². The standard InChI is InChI=1S/C27H27N5O3/c1-16(2)13-28-22-12-21(19-7-10-24-25(11-19)35-15-34-24)31-32-23(14-29-26(22)32)17-3-5-18(6-4-17)27(33)30-20-8-9-20/h3-7,10-12,14,16,20,28H,8-9,13,15H2,1-2H3,(H,30,33). The number of hydrogen-bond acceptors (Lipinski definition) is 6. The molecular formula is C27H27N5O3. The molecule has 0 bridgehead atoms. The minimum absolute atomic E-state index is 0.0272. The van der Waals surface area contributed by atoms with Gasteiger partial charge in [-0.25, -0.2) is 9.50 Å². The minimum atomic E-state index is -0.0272. The molecule has 2 aromatic heterocycles. The second kappa shape index (κ2) is 8.61. The number of carbonyl (C=O) groups excluding carboxylic acids is 1. The molecule has 8 heteroatoms. The highest BCUT2D eigenvalue weighted by Gasteiger charge is 2.24. The molecule has 178 valence electrons. The number of fused-ring (bicyclic) bond motifs is 2. The van der Waals surface area contributed by atoms with E-state index in [2.05, 4.69) is 29.5 Å². The molecular weight excluding hydrogens is 442 g/mol. The van der Waals surface area contributed by atoms with Crippen molar-refractivity contribution >= 4 is 17.2 Å². The van der Waals surface area contributed by atoms with Gasteiger partial charge in [0.25, 0.3) is 5.91 Å². The van der Waals surface area contributed by atoms with Gasteiger partial charge in [0.1, 0.15) is 0 Å². The van der Waals surface area contributed by atoms with Crippen molar-refractivity contribution in [2.75, 3.05) is 18.7 Å². The summed E-state index contributed by atoms with van der Waals surface area (Å²) in [5, 5.41) is 11.5. The molecule has 1 saturated carbocycles. The van der Waals surface area contributed by atoms with E-state index in [1.54, 1.807) is 0 Å². The van der Waals surface area contributed by atoms with Crippen molar-refractivity contribution in [3.05, 3.63) is 60.3 Å². The number of ether oxygens (including phenoxy) is 2. The molecule has 0 spiro atoms. The maximum absolute atomic E-state index is 12.4. The van der Waals surface area contributed by atoms with Crippen LogP contribution >= 0.6 is 0 Å². The van der Waals surface area contributed by atoms with Gasteiger partial charge >= 0.3 is 0 Å². The van der Waals surface area contributed by atoms with Gasteiger partial charge < -0.3 is 20.1 Å². The Morgan fingerprint density at radius 2 is 1.83 bits per heavy atom. The summed E-state index contributed by atoms with van der Waals surface area (Å²) in [7, 11) is 0. The van der Waals surface area contributed by atoms with E-state index in [1.165, 1.54) is 0 Å². The lowest BCUT2D eigenvalue weighted by atomic mass is 10.1. The Morgan fingerprint density at radius 3 is 2.60 bits per heavy atom. The van der Waals surface area contributed by atoms with Gasteiger partial charge in [-0.1, -0.05) is 26.0 Å². The van der Waals surface area contributed by atoms with E-state index >= 15 is 0 Å². The Bertz CT molecular complexity index is 1410. The summed E-state index contributed by atoms with van der Waals surface area (Å²) < 4.78 is 12.9. The van der Waals surface area contributed by atoms with Gasteiger partial charge in [0.05, 0.1) is 23.3 Å². The molecule has 3 heterocycles. The number of anilines is 1. The minimum Gasteiger partial charge on any atom is -0.454 e. The fourth-order valence-electron chi connectivity index (χ4n) is 4.10. The zero-order valence-electron chi connectivity index (χ0n) is 19.7. The van der Waals surface area contributed by atoms with E-state index in [1.807, 2.05) is 59.2 Å². The van der Waals surface area contributed by atoms with Crippen molar-refractivity contribution in [1.29, 1.82) is 0 Å². The number of benzene rings is 2. The number of amides is 1. The van der Waals surface area contributed by atoms with Crippen LogP contribution in [0.3, 0.4) is 0 Å². The largest absolute Gasteiger partial charge is 0.454 e. The third-order valence-corrected chi connectivity index (χ3v) is 6.19. The normalized spacial score (nSPS) is 14.5. The fraction of sp³-hybridized carbons (Fsp3) is 0.296. The first kappa shape index (κ1) is 21.5. The molecule has 1 aliphatic carbocycles. The monoisotopic (exact) mass is 469 g/mol. The van der Waals surface area contributed by atoms with E-state index in [4.69, 9.17) is 14.6 Å². The topological polar surface area (TPSA) is 89.8 Å². The number of nitrogens with one attached hydrogen (secondary N) is 2. The molecule has 4 aromatic rings. The van der Waals surface area contributed by atoms with Crippen LogP contribution in [0.15, 0.2) is 54.7 Å². The molecule has 0 radical (unpaired) electrons. The summed E-state index contributed by atoms with van der Waals surface area (Å²) in [6.45, 7) is 5.38. The summed E-state index contributed by atoms with van der Waals surface area (Å²) in [5.41, 5.74) is 5.82. The number of rotatable bonds is 7. The van der Waals surface area contributed by atoms with Gasteiger partial charge in [-0.3, -0.25) is 4.79 Å². The zero-order chi connectivity index (χ0) is 23.9. The maximum atomic E-state index is 12.4. The Kier molecular flexibility index (Phi) is 5.28. The van der Waals surface area contributed by atoms with Crippen LogP contribution < -0.4 is 20.1 Å². The van der Waals surface area contributed by atoms with Crippen molar-refractivity contribution < 1.29 is 14.3 Å². The molecule has 1 amide bonds. The van der Waals surface area contributed by atoms with Gasteiger partial charge in [0.15, 0.2) is 17.1 Å². The third-order valence-electron chi connectivity index (χ3n) is 6.19. The first-order chi connectivity index (χ1) is 17.0.